The van der Waals surface area contributed by atoms with Gasteiger partial charge in [-0.1, -0.05) is 17.7 Å². The fraction of sp³-hybridized carbons (Fsp3) is 0.273. The molecule has 1 aliphatic carbocycles. The predicted octanol–water partition coefficient (Wildman–Crippen LogP) is 5.14. The van der Waals surface area contributed by atoms with Crippen molar-refractivity contribution in [3.8, 4) is 0 Å². The first-order valence-corrected chi connectivity index (χ1v) is 10.1. The van der Waals surface area contributed by atoms with Crippen molar-refractivity contribution in [2.75, 3.05) is 11.9 Å². The normalized spacial score (nSPS) is 13.4. The molecule has 0 atom stereocenters. The minimum Gasteiger partial charge on any atom is -0.352 e. The third-order valence-corrected chi connectivity index (χ3v) is 5.29. The number of aryl methyl sites for hydroxylation is 1. The highest BCUT2D eigenvalue weighted by Gasteiger charge is 2.24. The van der Waals surface area contributed by atoms with Crippen molar-refractivity contribution in [2.24, 2.45) is 5.92 Å². The summed E-state index contributed by atoms with van der Waals surface area (Å²) in [5.74, 6) is -0.665. The van der Waals surface area contributed by atoms with E-state index in [2.05, 4.69) is 22.4 Å². The number of hydrogen-bond donors (Lipinski definition) is 2. The Balaban J connectivity index is 1.75. The van der Waals surface area contributed by atoms with Crippen LogP contribution in [0.5, 0.6) is 0 Å². The van der Waals surface area contributed by atoms with Gasteiger partial charge in [0, 0.05) is 17.3 Å². The van der Waals surface area contributed by atoms with Crippen LogP contribution in [-0.4, -0.2) is 22.1 Å². The Morgan fingerprint density at radius 3 is 2.93 bits per heavy atom. The van der Waals surface area contributed by atoms with Gasteiger partial charge in [0.05, 0.1) is 29.7 Å². The number of nitrogens with zero attached hydrogens (tertiary/aromatic N) is 2. The van der Waals surface area contributed by atoms with Gasteiger partial charge in [-0.05, 0) is 55.5 Å². The van der Waals surface area contributed by atoms with Crippen molar-refractivity contribution in [3.05, 3.63) is 65.2 Å². The van der Waals surface area contributed by atoms with Gasteiger partial charge in [-0.25, -0.2) is 14.9 Å². The third-order valence-electron chi connectivity index (χ3n) is 5.06. The summed E-state index contributed by atoms with van der Waals surface area (Å²) >= 11 is 6.03. The van der Waals surface area contributed by atoms with Crippen molar-refractivity contribution < 1.29 is 14.0 Å². The van der Waals surface area contributed by atoms with Crippen molar-refractivity contribution in [1.29, 1.82) is 0 Å². The molecule has 4 rings (SSSR count). The van der Waals surface area contributed by atoms with Crippen LogP contribution >= 0.6 is 11.6 Å². The number of hydrogen-bond acceptors (Lipinski definition) is 4. The second-order valence-electron chi connectivity index (χ2n) is 7.44. The van der Waals surface area contributed by atoms with Crippen LogP contribution in [0.2, 0.25) is 5.02 Å². The van der Waals surface area contributed by atoms with E-state index in [9.17, 15) is 4.79 Å². The van der Waals surface area contributed by atoms with Gasteiger partial charge in [-0.2, -0.15) is 0 Å². The molecule has 0 bridgehead atoms. The molecule has 1 fully saturated rings. The second kappa shape index (κ2) is 8.45. The Morgan fingerprint density at radius 1 is 1.43 bits per heavy atom. The quantitative estimate of drug-likeness (QED) is 0.385. The maximum Gasteiger partial charge on any atom is 0.277 e. The molecular formula is C22H22ClFN4O2. The lowest BCUT2D eigenvalue weighted by molar-refractivity contribution is 0.0271. The molecule has 1 aliphatic rings. The third kappa shape index (κ3) is 4.17. The summed E-state index contributed by atoms with van der Waals surface area (Å²) in [7, 11) is 0. The Labute approximate surface area is 178 Å². The summed E-state index contributed by atoms with van der Waals surface area (Å²) in [6.07, 6.45) is 5.40. The predicted molar refractivity (Wildman–Crippen MR) is 116 cm³/mol. The van der Waals surface area contributed by atoms with Crippen LogP contribution < -0.4 is 10.8 Å². The first-order valence-electron chi connectivity index (χ1n) is 9.71. The summed E-state index contributed by atoms with van der Waals surface area (Å²) < 4.78 is 17.2. The smallest absolute Gasteiger partial charge is 0.277 e. The van der Waals surface area contributed by atoms with E-state index in [1.165, 1.54) is 6.33 Å². The molecule has 8 heteroatoms. The van der Waals surface area contributed by atoms with E-state index in [4.69, 9.17) is 16.4 Å². The van der Waals surface area contributed by atoms with Crippen LogP contribution in [0.4, 0.5) is 15.8 Å². The lowest BCUT2D eigenvalue weighted by atomic mass is 10.1. The molecule has 0 radical (unpaired) electrons. The number of hydroxylamine groups is 1. The molecular weight excluding hydrogens is 407 g/mol. The van der Waals surface area contributed by atoms with E-state index in [1.807, 2.05) is 6.92 Å². The Kier molecular flexibility index (Phi) is 5.74. The zero-order chi connectivity index (χ0) is 21.3. The van der Waals surface area contributed by atoms with Gasteiger partial charge in [-0.15, -0.1) is 6.58 Å². The van der Waals surface area contributed by atoms with Crippen LogP contribution in [0.25, 0.3) is 11.0 Å². The Bertz CT molecular complexity index is 1120. The minimum atomic E-state index is -0.614. The summed E-state index contributed by atoms with van der Waals surface area (Å²) in [6, 6.07) is 6.81. The van der Waals surface area contributed by atoms with Gasteiger partial charge < -0.3 is 9.88 Å². The maximum absolute atomic E-state index is 15.5. The number of benzene rings is 2. The number of amides is 1. The van der Waals surface area contributed by atoms with Crippen molar-refractivity contribution in [2.45, 2.75) is 26.3 Å². The number of halogens is 2. The average molecular weight is 429 g/mol. The van der Waals surface area contributed by atoms with Crippen LogP contribution in [0.3, 0.4) is 0 Å². The van der Waals surface area contributed by atoms with E-state index in [0.717, 1.165) is 18.4 Å². The van der Waals surface area contributed by atoms with Crippen LogP contribution in [-0.2, 0) is 11.4 Å². The summed E-state index contributed by atoms with van der Waals surface area (Å²) in [5, 5.41) is 3.62. The van der Waals surface area contributed by atoms with Crippen LogP contribution in [0, 0.1) is 18.7 Å². The molecule has 0 unspecified atom stereocenters. The Hall–Kier alpha value is -2.90. The molecule has 0 saturated heterocycles. The first kappa shape index (κ1) is 20.4. The fourth-order valence-electron chi connectivity index (χ4n) is 3.21. The lowest BCUT2D eigenvalue weighted by Gasteiger charge is -2.16. The van der Waals surface area contributed by atoms with E-state index >= 15 is 4.39 Å². The largest absolute Gasteiger partial charge is 0.352 e. The number of carbonyl (C=O) groups is 1. The summed E-state index contributed by atoms with van der Waals surface area (Å²) in [4.78, 5) is 22.4. The molecule has 2 aromatic carbocycles. The van der Waals surface area contributed by atoms with Crippen molar-refractivity contribution in [3.63, 3.8) is 0 Å². The zero-order valence-corrected chi connectivity index (χ0v) is 17.3. The number of anilines is 2. The minimum absolute atomic E-state index is 0.0318. The fourth-order valence-corrected chi connectivity index (χ4v) is 3.44. The first-order chi connectivity index (χ1) is 14.5. The maximum atomic E-state index is 15.5. The van der Waals surface area contributed by atoms with Gasteiger partial charge in [0.25, 0.3) is 5.91 Å². The molecule has 1 saturated carbocycles. The number of imidazole rings is 1. The second-order valence-corrected chi connectivity index (χ2v) is 7.87. The highest BCUT2D eigenvalue weighted by atomic mass is 35.5. The number of fused-ring (bicyclic) bond motifs is 1. The van der Waals surface area contributed by atoms with E-state index < -0.39 is 11.7 Å². The molecule has 30 heavy (non-hydrogen) atoms. The molecule has 1 aromatic heterocycles. The highest BCUT2D eigenvalue weighted by Crippen LogP contribution is 2.33. The topological polar surface area (TPSA) is 68.2 Å². The number of allylic oxidation sites excluding steroid dienone is 1. The molecule has 3 aromatic rings. The number of carbonyl (C=O) groups excluding carboxylic acids is 1. The van der Waals surface area contributed by atoms with Crippen LogP contribution in [0.1, 0.15) is 28.8 Å². The molecule has 0 spiro atoms. The SMILES string of the molecule is C=CCn1cnc2c(F)c(Nc3ccc(Cl)cc3C)c(C(=O)NOCC3CC3)cc21. The summed E-state index contributed by atoms with van der Waals surface area (Å²) in [6.45, 7) is 6.45. The van der Waals surface area contributed by atoms with Crippen LogP contribution in [0.15, 0.2) is 43.2 Å². The molecule has 1 amide bonds. The monoisotopic (exact) mass is 428 g/mol. The zero-order valence-electron chi connectivity index (χ0n) is 16.5. The molecule has 2 N–H and O–H groups in total. The van der Waals surface area contributed by atoms with E-state index in [-0.39, 0.29) is 16.8 Å². The Morgan fingerprint density at radius 2 is 2.23 bits per heavy atom. The van der Waals surface area contributed by atoms with Crippen molar-refractivity contribution in [1.82, 2.24) is 15.0 Å². The number of aromatic nitrogens is 2. The lowest BCUT2D eigenvalue weighted by Crippen LogP contribution is -2.26. The highest BCUT2D eigenvalue weighted by molar-refractivity contribution is 6.30. The van der Waals surface area contributed by atoms with Gasteiger partial charge in [0.2, 0.25) is 0 Å². The van der Waals surface area contributed by atoms with Gasteiger partial charge in [-0.3, -0.25) is 9.63 Å². The van der Waals surface area contributed by atoms with Gasteiger partial charge >= 0.3 is 0 Å². The van der Waals surface area contributed by atoms with Crippen molar-refractivity contribution >= 4 is 39.9 Å². The standard InChI is InChI=1S/C22H22ClFN4O2/c1-3-8-28-12-25-21-18(28)10-16(22(29)27-30-11-14-4-5-14)20(19(21)24)26-17-7-6-15(23)9-13(17)2/h3,6-7,9-10,12,14,26H,1,4-5,8,11H2,2H3,(H,27,29). The van der Waals surface area contributed by atoms with Gasteiger partial charge in [0.15, 0.2) is 5.82 Å². The molecule has 6 nitrogen and oxygen atoms in total. The molecule has 156 valence electrons. The number of rotatable bonds is 8. The molecule has 1 heterocycles. The van der Waals surface area contributed by atoms with E-state index in [1.54, 1.807) is 34.9 Å². The number of nitrogens with one attached hydrogen (secondary N) is 2. The van der Waals surface area contributed by atoms with E-state index in [0.29, 0.717) is 35.3 Å². The average Bonchev–Trinajstić information content (AvgIpc) is 3.45. The van der Waals surface area contributed by atoms with Gasteiger partial charge in [0.1, 0.15) is 5.52 Å². The summed E-state index contributed by atoms with van der Waals surface area (Å²) in [5.41, 5.74) is 4.71. The molecule has 0 aliphatic heterocycles.